The van der Waals surface area contributed by atoms with Crippen LogP contribution in [0.5, 0.6) is 11.5 Å². The zero-order valence-corrected chi connectivity index (χ0v) is 12.8. The van der Waals surface area contributed by atoms with Gasteiger partial charge in [0, 0.05) is 18.3 Å². The average molecular weight is 353 g/mol. The van der Waals surface area contributed by atoms with Crippen LogP contribution in [0.1, 0.15) is 5.56 Å². The molecule has 110 valence electrons. The molecule has 0 heterocycles. The van der Waals surface area contributed by atoms with Crippen molar-refractivity contribution in [3.8, 4) is 11.5 Å². The summed E-state index contributed by atoms with van der Waals surface area (Å²) in [4.78, 5) is 10.4. The summed E-state index contributed by atoms with van der Waals surface area (Å²) in [5, 5.41) is 23.6. The Morgan fingerprint density at radius 3 is 2.71 bits per heavy atom. The third kappa shape index (κ3) is 3.63. The molecule has 0 aromatic heterocycles. The Labute approximate surface area is 129 Å². The lowest BCUT2D eigenvalue weighted by molar-refractivity contribution is -0.385. The van der Waals surface area contributed by atoms with Crippen LogP contribution in [0.2, 0.25) is 0 Å². The van der Waals surface area contributed by atoms with Gasteiger partial charge in [0.1, 0.15) is 0 Å². The van der Waals surface area contributed by atoms with E-state index in [9.17, 15) is 15.2 Å². The number of benzene rings is 2. The number of methoxy groups -OCH3 is 1. The highest BCUT2D eigenvalue weighted by atomic mass is 79.9. The second kappa shape index (κ2) is 6.45. The lowest BCUT2D eigenvalue weighted by Crippen LogP contribution is -2.00. The number of hydrogen-bond donors (Lipinski definition) is 2. The predicted octanol–water partition coefficient (Wildman–Crippen LogP) is 3.68. The van der Waals surface area contributed by atoms with Crippen molar-refractivity contribution >= 4 is 27.3 Å². The van der Waals surface area contributed by atoms with E-state index in [0.717, 1.165) is 5.56 Å². The van der Waals surface area contributed by atoms with Crippen LogP contribution in [-0.4, -0.2) is 17.1 Å². The molecule has 0 aliphatic heterocycles. The number of halogens is 1. The van der Waals surface area contributed by atoms with E-state index in [1.165, 1.54) is 13.2 Å². The maximum absolute atomic E-state index is 10.9. The number of phenolic OH excluding ortho intramolecular Hbond substituents is 1. The Kier molecular flexibility index (Phi) is 4.64. The van der Waals surface area contributed by atoms with E-state index in [1.807, 2.05) is 0 Å². The molecule has 0 aliphatic rings. The zero-order chi connectivity index (χ0) is 15.4. The number of aromatic hydroxyl groups is 1. The van der Waals surface area contributed by atoms with Crippen molar-refractivity contribution in [1.29, 1.82) is 0 Å². The molecule has 0 unspecified atom stereocenters. The fourth-order valence-electron chi connectivity index (χ4n) is 1.81. The minimum Gasteiger partial charge on any atom is -0.504 e. The first kappa shape index (κ1) is 15.1. The summed E-state index contributed by atoms with van der Waals surface area (Å²) < 4.78 is 5.40. The standard InChI is InChI=1S/C14H13BrN2O4/c1-21-14-5-2-9(6-13(14)18)8-16-10-3-4-11(15)12(7-10)17(19)20/h2-7,16,18H,8H2,1H3. The molecule has 2 N–H and O–H groups in total. The van der Waals surface area contributed by atoms with Crippen LogP contribution in [-0.2, 0) is 6.54 Å². The number of nitro groups is 1. The smallest absolute Gasteiger partial charge is 0.285 e. The van der Waals surface area contributed by atoms with Gasteiger partial charge in [-0.25, -0.2) is 0 Å². The number of nitrogens with zero attached hydrogens (tertiary/aromatic N) is 1. The highest BCUT2D eigenvalue weighted by molar-refractivity contribution is 9.10. The van der Waals surface area contributed by atoms with Crippen molar-refractivity contribution in [3.05, 3.63) is 56.5 Å². The largest absolute Gasteiger partial charge is 0.504 e. The van der Waals surface area contributed by atoms with Crippen LogP contribution in [0, 0.1) is 10.1 Å². The topological polar surface area (TPSA) is 84.6 Å². The molecular formula is C14H13BrN2O4. The van der Waals surface area contributed by atoms with E-state index in [-0.39, 0.29) is 11.4 Å². The van der Waals surface area contributed by atoms with Gasteiger partial charge in [0.25, 0.3) is 5.69 Å². The van der Waals surface area contributed by atoms with Gasteiger partial charge in [-0.05, 0) is 45.8 Å². The van der Waals surface area contributed by atoms with Gasteiger partial charge >= 0.3 is 0 Å². The minimum atomic E-state index is -0.450. The molecule has 2 aromatic rings. The minimum absolute atomic E-state index is 0.00224. The fourth-order valence-corrected chi connectivity index (χ4v) is 2.20. The molecule has 7 heteroatoms. The molecule has 0 saturated carbocycles. The molecule has 0 saturated heterocycles. The number of rotatable bonds is 5. The van der Waals surface area contributed by atoms with E-state index in [0.29, 0.717) is 22.5 Å². The van der Waals surface area contributed by atoms with Gasteiger partial charge in [0.2, 0.25) is 0 Å². The second-order valence-corrected chi connectivity index (χ2v) is 5.14. The molecule has 2 aromatic carbocycles. The summed E-state index contributed by atoms with van der Waals surface area (Å²) in [6, 6.07) is 9.86. The first-order valence-electron chi connectivity index (χ1n) is 6.05. The van der Waals surface area contributed by atoms with Crippen molar-refractivity contribution < 1.29 is 14.8 Å². The molecule has 0 fully saturated rings. The molecule has 0 aliphatic carbocycles. The number of nitro benzene ring substituents is 1. The van der Waals surface area contributed by atoms with Crippen LogP contribution in [0.4, 0.5) is 11.4 Å². The van der Waals surface area contributed by atoms with Gasteiger partial charge in [0.15, 0.2) is 11.5 Å². The van der Waals surface area contributed by atoms with Crippen molar-refractivity contribution in [2.24, 2.45) is 0 Å². The average Bonchev–Trinajstić information content (AvgIpc) is 2.46. The summed E-state index contributed by atoms with van der Waals surface area (Å²) in [5.74, 6) is 0.455. The van der Waals surface area contributed by atoms with Crippen molar-refractivity contribution in [2.45, 2.75) is 6.54 Å². The highest BCUT2D eigenvalue weighted by Gasteiger charge is 2.12. The van der Waals surface area contributed by atoms with Crippen LogP contribution in [0.25, 0.3) is 0 Å². The summed E-state index contributed by atoms with van der Waals surface area (Å²) in [6.45, 7) is 0.427. The van der Waals surface area contributed by atoms with Crippen LogP contribution >= 0.6 is 15.9 Å². The molecule has 0 radical (unpaired) electrons. The van der Waals surface area contributed by atoms with Crippen molar-refractivity contribution in [1.82, 2.24) is 0 Å². The summed E-state index contributed by atoms with van der Waals surface area (Å²) in [6.07, 6.45) is 0. The molecule has 0 spiro atoms. The fraction of sp³-hybridized carbons (Fsp3) is 0.143. The van der Waals surface area contributed by atoms with Gasteiger partial charge in [-0.3, -0.25) is 10.1 Å². The first-order valence-corrected chi connectivity index (χ1v) is 6.84. The second-order valence-electron chi connectivity index (χ2n) is 4.28. The Balaban J connectivity index is 2.11. The first-order chi connectivity index (χ1) is 10.0. The maximum Gasteiger partial charge on any atom is 0.285 e. The Morgan fingerprint density at radius 1 is 1.33 bits per heavy atom. The predicted molar refractivity (Wildman–Crippen MR) is 82.8 cm³/mol. The molecular weight excluding hydrogens is 340 g/mol. The quantitative estimate of drug-likeness (QED) is 0.633. The Hall–Kier alpha value is -2.28. The van der Waals surface area contributed by atoms with Crippen molar-refractivity contribution in [3.63, 3.8) is 0 Å². The molecule has 0 bridgehead atoms. The lowest BCUT2D eigenvalue weighted by atomic mass is 10.2. The van der Waals surface area contributed by atoms with E-state index < -0.39 is 4.92 Å². The number of nitrogens with one attached hydrogen (secondary N) is 1. The maximum atomic E-state index is 10.9. The third-order valence-corrected chi connectivity index (χ3v) is 3.55. The van der Waals surface area contributed by atoms with Crippen LogP contribution < -0.4 is 10.1 Å². The summed E-state index contributed by atoms with van der Waals surface area (Å²) >= 11 is 3.14. The van der Waals surface area contributed by atoms with Crippen LogP contribution in [0.15, 0.2) is 40.9 Å². The van der Waals surface area contributed by atoms with E-state index in [2.05, 4.69) is 21.2 Å². The lowest BCUT2D eigenvalue weighted by Gasteiger charge is -2.09. The Morgan fingerprint density at radius 2 is 2.10 bits per heavy atom. The summed E-state index contributed by atoms with van der Waals surface area (Å²) in [7, 11) is 1.48. The van der Waals surface area contributed by atoms with Gasteiger partial charge in [0.05, 0.1) is 16.5 Å². The summed E-state index contributed by atoms with van der Waals surface area (Å²) in [5.41, 5.74) is 1.46. The SMILES string of the molecule is COc1ccc(CNc2ccc(Br)c([N+](=O)[O-])c2)cc1O. The van der Waals surface area contributed by atoms with Gasteiger partial charge in [-0.2, -0.15) is 0 Å². The highest BCUT2D eigenvalue weighted by Crippen LogP contribution is 2.29. The number of phenols is 1. The van der Waals surface area contributed by atoms with Crippen LogP contribution in [0.3, 0.4) is 0 Å². The zero-order valence-electron chi connectivity index (χ0n) is 11.2. The van der Waals surface area contributed by atoms with E-state index in [1.54, 1.807) is 30.3 Å². The number of hydrogen-bond acceptors (Lipinski definition) is 5. The van der Waals surface area contributed by atoms with Gasteiger partial charge in [-0.15, -0.1) is 0 Å². The monoisotopic (exact) mass is 352 g/mol. The van der Waals surface area contributed by atoms with Gasteiger partial charge in [-0.1, -0.05) is 6.07 Å². The van der Waals surface area contributed by atoms with Crippen molar-refractivity contribution in [2.75, 3.05) is 12.4 Å². The molecule has 0 amide bonds. The van der Waals surface area contributed by atoms with E-state index in [4.69, 9.17) is 4.74 Å². The molecule has 21 heavy (non-hydrogen) atoms. The van der Waals surface area contributed by atoms with Gasteiger partial charge < -0.3 is 15.2 Å². The third-order valence-electron chi connectivity index (χ3n) is 2.88. The van der Waals surface area contributed by atoms with E-state index >= 15 is 0 Å². The molecule has 6 nitrogen and oxygen atoms in total. The number of ether oxygens (including phenoxy) is 1. The number of anilines is 1. The molecule has 2 rings (SSSR count). The molecule has 0 atom stereocenters. The Bertz CT molecular complexity index is 676. The normalized spacial score (nSPS) is 10.2.